The zero-order valence-corrected chi connectivity index (χ0v) is 21.6. The number of benzene rings is 2. The first-order valence-corrected chi connectivity index (χ1v) is 12.0. The first-order valence-electron chi connectivity index (χ1n) is 10.3. The quantitative estimate of drug-likeness (QED) is 0.125. The van der Waals surface area contributed by atoms with Crippen molar-refractivity contribution in [1.82, 2.24) is 15.4 Å². The van der Waals surface area contributed by atoms with Gasteiger partial charge < -0.3 is 9.47 Å². The van der Waals surface area contributed by atoms with Crippen LogP contribution in [-0.4, -0.2) is 39.9 Å². The Bertz CT molecular complexity index is 1230. The number of amides is 1. The van der Waals surface area contributed by atoms with Crippen LogP contribution in [0.15, 0.2) is 57.2 Å². The summed E-state index contributed by atoms with van der Waals surface area (Å²) in [6.45, 7) is 3.95. The van der Waals surface area contributed by atoms with E-state index in [0.29, 0.717) is 26.7 Å². The van der Waals surface area contributed by atoms with Gasteiger partial charge in [-0.25, -0.2) is 15.4 Å². The summed E-state index contributed by atoms with van der Waals surface area (Å²) in [5.74, 6) is 0.763. The van der Waals surface area contributed by atoms with Crippen molar-refractivity contribution < 1.29 is 19.2 Å². The molecule has 3 rings (SSSR count). The summed E-state index contributed by atoms with van der Waals surface area (Å²) in [7, 11) is 1.51. The maximum absolute atomic E-state index is 12.1. The van der Waals surface area contributed by atoms with Gasteiger partial charge in [-0.3, -0.25) is 14.9 Å². The second kappa shape index (κ2) is 12.3. The highest BCUT2D eigenvalue weighted by molar-refractivity contribution is 9.10. The summed E-state index contributed by atoms with van der Waals surface area (Å²) in [5.41, 5.74) is 5.62. The number of nitrogens with zero attached hydrogens (tertiary/aromatic N) is 4. The van der Waals surface area contributed by atoms with Gasteiger partial charge in [0.15, 0.2) is 16.7 Å². The third-order valence-electron chi connectivity index (χ3n) is 4.48. The van der Waals surface area contributed by atoms with E-state index < -0.39 is 4.92 Å². The first kappa shape index (κ1) is 26.1. The molecule has 1 aromatic heterocycles. The second-order valence-corrected chi connectivity index (χ2v) is 9.06. The Hall–Kier alpha value is -3.51. The number of hydrogen-bond acceptors (Lipinski definition) is 9. The normalized spacial score (nSPS) is 10.9. The Balaban J connectivity index is 1.58. The number of carbonyl (C=O) groups is 1. The number of aryl methyl sites for hydroxylation is 2. The van der Waals surface area contributed by atoms with E-state index in [0.717, 1.165) is 17.0 Å². The van der Waals surface area contributed by atoms with Crippen LogP contribution >= 0.6 is 27.7 Å². The molecule has 0 fully saturated rings. The van der Waals surface area contributed by atoms with Crippen molar-refractivity contribution in [3.63, 3.8) is 0 Å². The predicted octanol–water partition coefficient (Wildman–Crippen LogP) is 4.59. The third kappa shape index (κ3) is 7.76. The monoisotopic (exact) mass is 559 g/mol. The average Bonchev–Trinajstić information content (AvgIpc) is 2.81. The largest absolute Gasteiger partial charge is 0.493 e. The van der Waals surface area contributed by atoms with Gasteiger partial charge in [0.1, 0.15) is 6.61 Å². The number of hydrazone groups is 1. The molecule has 0 aliphatic heterocycles. The van der Waals surface area contributed by atoms with Crippen molar-refractivity contribution in [3.05, 3.63) is 79.6 Å². The number of methoxy groups -OCH3 is 1. The number of rotatable bonds is 10. The minimum atomic E-state index is -0.453. The van der Waals surface area contributed by atoms with E-state index in [1.54, 1.807) is 24.3 Å². The van der Waals surface area contributed by atoms with Crippen LogP contribution in [0.25, 0.3) is 0 Å². The number of non-ortho nitro benzene ring substituents is 1. The van der Waals surface area contributed by atoms with Crippen LogP contribution in [0.3, 0.4) is 0 Å². The topological polar surface area (TPSA) is 129 Å². The molecule has 2 aromatic carbocycles. The molecule has 0 aliphatic carbocycles. The summed E-state index contributed by atoms with van der Waals surface area (Å²) in [4.78, 5) is 31.0. The Morgan fingerprint density at radius 2 is 1.89 bits per heavy atom. The van der Waals surface area contributed by atoms with Gasteiger partial charge >= 0.3 is 0 Å². The smallest absolute Gasteiger partial charge is 0.269 e. The van der Waals surface area contributed by atoms with Crippen molar-refractivity contribution in [2.75, 3.05) is 12.9 Å². The fraction of sp³-hybridized carbons (Fsp3) is 0.217. The number of hydrogen-bond donors (Lipinski definition) is 1. The van der Waals surface area contributed by atoms with E-state index in [9.17, 15) is 14.9 Å². The molecule has 1 N–H and O–H groups in total. The number of halogens is 1. The molecular formula is C23H22BrN5O5S. The fourth-order valence-corrected chi connectivity index (χ4v) is 4.24. The lowest BCUT2D eigenvalue weighted by Gasteiger charge is -2.13. The molecule has 182 valence electrons. The lowest BCUT2D eigenvalue weighted by Crippen LogP contribution is -2.19. The van der Waals surface area contributed by atoms with E-state index in [1.807, 2.05) is 19.9 Å². The number of nitro benzene ring substituents is 1. The van der Waals surface area contributed by atoms with Gasteiger partial charge in [0.05, 0.1) is 28.5 Å². The van der Waals surface area contributed by atoms with E-state index >= 15 is 0 Å². The molecule has 12 heteroatoms. The van der Waals surface area contributed by atoms with E-state index in [-0.39, 0.29) is 24.0 Å². The molecule has 35 heavy (non-hydrogen) atoms. The molecule has 0 atom stereocenters. The molecule has 0 unspecified atom stereocenters. The van der Waals surface area contributed by atoms with Gasteiger partial charge in [0, 0.05) is 23.5 Å². The summed E-state index contributed by atoms with van der Waals surface area (Å²) in [6.07, 6.45) is 1.49. The minimum Gasteiger partial charge on any atom is -0.493 e. The Morgan fingerprint density at radius 3 is 2.51 bits per heavy atom. The number of ether oxygens (including phenoxy) is 2. The molecule has 0 spiro atoms. The van der Waals surface area contributed by atoms with Crippen molar-refractivity contribution in [3.8, 4) is 11.5 Å². The molecule has 0 saturated carbocycles. The number of nitrogens with one attached hydrogen (secondary N) is 1. The van der Waals surface area contributed by atoms with Gasteiger partial charge in [0.2, 0.25) is 0 Å². The number of carbonyl (C=O) groups excluding carboxylic acids is 1. The number of thioether (sulfide) groups is 1. The van der Waals surface area contributed by atoms with Crippen LogP contribution in [0.2, 0.25) is 0 Å². The van der Waals surface area contributed by atoms with Gasteiger partial charge in [-0.15, -0.1) is 0 Å². The third-order valence-corrected chi connectivity index (χ3v) is 5.92. The van der Waals surface area contributed by atoms with Crippen LogP contribution < -0.4 is 14.9 Å². The van der Waals surface area contributed by atoms with Crippen LogP contribution in [0.4, 0.5) is 5.69 Å². The van der Waals surface area contributed by atoms with Gasteiger partial charge in [-0.2, -0.15) is 5.10 Å². The SMILES string of the molecule is COc1cc(C=NNC(=O)CSc2nc(C)cc(C)n2)cc(Br)c1OCc1ccc([N+](=O)[O-])cc1. The maximum Gasteiger partial charge on any atom is 0.269 e. The maximum atomic E-state index is 12.1. The predicted molar refractivity (Wildman–Crippen MR) is 136 cm³/mol. The number of aromatic nitrogens is 2. The Morgan fingerprint density at radius 1 is 1.20 bits per heavy atom. The molecule has 0 bridgehead atoms. The highest BCUT2D eigenvalue weighted by atomic mass is 79.9. The van der Waals surface area contributed by atoms with Crippen LogP contribution in [0, 0.1) is 24.0 Å². The molecule has 1 heterocycles. The van der Waals surface area contributed by atoms with Crippen LogP contribution in [0.1, 0.15) is 22.5 Å². The second-order valence-electron chi connectivity index (χ2n) is 7.26. The Labute approximate surface area is 214 Å². The zero-order valence-electron chi connectivity index (χ0n) is 19.1. The molecule has 0 saturated heterocycles. The molecular weight excluding hydrogens is 538 g/mol. The molecule has 0 radical (unpaired) electrons. The molecule has 10 nitrogen and oxygen atoms in total. The zero-order chi connectivity index (χ0) is 25.4. The highest BCUT2D eigenvalue weighted by Crippen LogP contribution is 2.37. The first-order chi connectivity index (χ1) is 16.7. The Kier molecular flexibility index (Phi) is 9.15. The fourth-order valence-electron chi connectivity index (χ4n) is 2.92. The lowest BCUT2D eigenvalue weighted by molar-refractivity contribution is -0.384. The van der Waals surface area contributed by atoms with Crippen LogP contribution in [-0.2, 0) is 11.4 Å². The van der Waals surface area contributed by atoms with Crippen molar-refractivity contribution in [2.24, 2.45) is 5.10 Å². The van der Waals surface area contributed by atoms with Crippen LogP contribution in [0.5, 0.6) is 11.5 Å². The molecule has 3 aromatic rings. The van der Waals surface area contributed by atoms with E-state index in [1.165, 1.54) is 37.2 Å². The van der Waals surface area contributed by atoms with E-state index in [2.05, 4.69) is 36.4 Å². The number of nitro groups is 1. The highest BCUT2D eigenvalue weighted by Gasteiger charge is 2.13. The summed E-state index contributed by atoms with van der Waals surface area (Å²) in [6, 6.07) is 11.5. The standard InChI is InChI=1S/C23H22BrN5O5S/c1-14-8-15(2)27-23(26-14)35-13-21(30)28-25-11-17-9-19(24)22(20(10-17)33-3)34-12-16-4-6-18(7-5-16)29(31)32/h4-11H,12-13H2,1-3H3,(H,28,30). The minimum absolute atomic E-state index is 0.0143. The molecule has 1 amide bonds. The van der Waals surface area contributed by atoms with Gasteiger partial charge in [0.25, 0.3) is 11.6 Å². The summed E-state index contributed by atoms with van der Waals surface area (Å²) < 4.78 is 11.9. The van der Waals surface area contributed by atoms with Crippen molar-refractivity contribution >= 4 is 45.5 Å². The average molecular weight is 560 g/mol. The van der Waals surface area contributed by atoms with Crippen molar-refractivity contribution in [2.45, 2.75) is 25.6 Å². The summed E-state index contributed by atoms with van der Waals surface area (Å²) >= 11 is 4.70. The van der Waals surface area contributed by atoms with Crippen molar-refractivity contribution in [1.29, 1.82) is 0 Å². The lowest BCUT2D eigenvalue weighted by atomic mass is 10.2. The van der Waals surface area contributed by atoms with E-state index in [4.69, 9.17) is 9.47 Å². The molecule has 0 aliphatic rings. The summed E-state index contributed by atoms with van der Waals surface area (Å²) in [5, 5.41) is 15.3. The van der Waals surface area contributed by atoms with Gasteiger partial charge in [-0.1, -0.05) is 11.8 Å². The van der Waals surface area contributed by atoms with Gasteiger partial charge in [-0.05, 0) is 71.2 Å².